The van der Waals surface area contributed by atoms with Gasteiger partial charge in [-0.2, -0.15) is 16.8 Å². The van der Waals surface area contributed by atoms with Crippen LogP contribution in [0.2, 0.25) is 0 Å². The van der Waals surface area contributed by atoms with E-state index in [1.165, 1.54) is 0 Å². The number of fused-ring (bicyclic) bond motifs is 1. The van der Waals surface area contributed by atoms with Gasteiger partial charge in [0.2, 0.25) is 0 Å². The second-order valence-electron chi connectivity index (χ2n) is 6.88. The second-order valence-corrected chi connectivity index (χ2v) is 9.73. The zero-order valence-corrected chi connectivity index (χ0v) is 18.5. The zero-order chi connectivity index (χ0) is 24.7. The van der Waals surface area contributed by atoms with Crippen LogP contribution in [-0.2, 0) is 34.6 Å². The van der Waals surface area contributed by atoms with E-state index >= 15 is 0 Å². The first kappa shape index (κ1) is 24.4. The van der Waals surface area contributed by atoms with E-state index in [-0.39, 0.29) is 40.8 Å². The number of phenolic OH excluding ortho intramolecular Hbond substituents is 1. The number of aliphatic hydroxyl groups excluding tert-OH is 1. The fourth-order valence-electron chi connectivity index (χ4n) is 3.32. The van der Waals surface area contributed by atoms with Gasteiger partial charge in [-0.3, -0.25) is 13.9 Å². The molecule has 5 N–H and O–H groups in total. The van der Waals surface area contributed by atoms with Crippen LogP contribution >= 0.6 is 0 Å². The smallest absolute Gasteiger partial charge is 0.337 e. The van der Waals surface area contributed by atoms with Gasteiger partial charge in [0.15, 0.2) is 0 Å². The van der Waals surface area contributed by atoms with Gasteiger partial charge in [-0.15, -0.1) is 0 Å². The number of aliphatic hydroxyl groups is 1. The summed E-state index contributed by atoms with van der Waals surface area (Å²) in [6.07, 6.45) is 0. The Morgan fingerprint density at radius 2 is 1.67 bits per heavy atom. The largest absolute Gasteiger partial charge is 0.507 e. The predicted octanol–water partition coefficient (Wildman–Crippen LogP) is -0.288. The van der Waals surface area contributed by atoms with Crippen LogP contribution in [0.1, 0.15) is 0 Å². The molecule has 0 saturated carbocycles. The quantitative estimate of drug-likeness (QED) is 0.244. The molecule has 0 spiro atoms. The molecule has 2 aromatic rings. The molecule has 1 aliphatic heterocycles. The number of nitrogens with one attached hydrogen (secondary N) is 1. The van der Waals surface area contributed by atoms with E-state index in [9.17, 15) is 40.6 Å². The van der Waals surface area contributed by atoms with Gasteiger partial charge in [-0.25, -0.2) is 4.79 Å². The van der Waals surface area contributed by atoms with Crippen molar-refractivity contribution in [2.75, 3.05) is 32.1 Å². The van der Waals surface area contributed by atoms with Gasteiger partial charge in [-0.1, -0.05) is 0 Å². The van der Waals surface area contributed by atoms with Crippen LogP contribution in [0.4, 0.5) is 5.69 Å². The Morgan fingerprint density at radius 3 is 2.18 bits per heavy atom. The van der Waals surface area contributed by atoms with E-state index in [1.807, 2.05) is 0 Å². The van der Waals surface area contributed by atoms with Crippen LogP contribution in [0.5, 0.6) is 5.75 Å². The number of aromatic hydroxyl groups is 1. The van der Waals surface area contributed by atoms with E-state index in [1.54, 1.807) is 0 Å². The van der Waals surface area contributed by atoms with Gasteiger partial charge in [0.25, 0.3) is 26.1 Å². The molecule has 1 amide bonds. The molecule has 3 rings (SSSR count). The van der Waals surface area contributed by atoms with Crippen molar-refractivity contribution in [3.8, 4) is 5.75 Å². The topological polar surface area (TPSA) is 208 Å². The van der Waals surface area contributed by atoms with Crippen molar-refractivity contribution in [3.05, 3.63) is 35.5 Å². The fraction of sp³-hybridized carbons (Fsp3) is 0.222. The van der Waals surface area contributed by atoms with Gasteiger partial charge < -0.3 is 25.2 Å². The summed E-state index contributed by atoms with van der Waals surface area (Å²) in [5, 5.41) is 21.7. The highest BCUT2D eigenvalue weighted by Crippen LogP contribution is 2.38. The molecule has 1 heterocycles. The maximum Gasteiger partial charge on any atom is 0.337 e. The van der Waals surface area contributed by atoms with Gasteiger partial charge in [0.1, 0.15) is 11.4 Å². The number of methoxy groups -OCH3 is 1. The molecular weight excluding hydrogens is 484 g/mol. The Kier molecular flexibility index (Phi) is 6.36. The summed E-state index contributed by atoms with van der Waals surface area (Å²) in [6, 6.07) is 3.23. The van der Waals surface area contributed by atoms with Crippen LogP contribution < -0.4 is 5.32 Å². The lowest BCUT2D eigenvalue weighted by Gasteiger charge is -2.16. The fourth-order valence-corrected chi connectivity index (χ4v) is 4.40. The number of benzene rings is 2. The first-order valence-corrected chi connectivity index (χ1v) is 11.9. The lowest BCUT2D eigenvalue weighted by Crippen LogP contribution is -2.31. The van der Waals surface area contributed by atoms with Gasteiger partial charge in [0.05, 0.1) is 41.3 Å². The molecule has 0 bridgehead atoms. The van der Waals surface area contributed by atoms with E-state index in [2.05, 4.69) is 10.1 Å². The Morgan fingerprint density at radius 1 is 1.09 bits per heavy atom. The maximum absolute atomic E-state index is 12.8. The summed E-state index contributed by atoms with van der Waals surface area (Å²) >= 11 is 0. The molecule has 0 saturated heterocycles. The molecule has 2 aromatic carbocycles. The van der Waals surface area contributed by atoms with Crippen molar-refractivity contribution in [2.45, 2.75) is 9.79 Å². The van der Waals surface area contributed by atoms with Crippen LogP contribution in [0, 0.1) is 0 Å². The van der Waals surface area contributed by atoms with E-state index < -0.39 is 54.3 Å². The zero-order valence-electron chi connectivity index (χ0n) is 16.8. The number of rotatable bonds is 7. The van der Waals surface area contributed by atoms with Crippen molar-refractivity contribution in [3.63, 3.8) is 0 Å². The van der Waals surface area contributed by atoms with E-state index in [0.717, 1.165) is 30.2 Å². The highest BCUT2D eigenvalue weighted by molar-refractivity contribution is 7.86. The van der Waals surface area contributed by atoms with E-state index in [4.69, 9.17) is 5.11 Å². The summed E-state index contributed by atoms with van der Waals surface area (Å²) in [5.41, 5.74) is -0.784. The molecule has 0 unspecified atom stereocenters. The number of amides is 1. The lowest BCUT2D eigenvalue weighted by atomic mass is 10.1. The van der Waals surface area contributed by atoms with Gasteiger partial charge >= 0.3 is 5.97 Å². The highest BCUT2D eigenvalue weighted by atomic mass is 32.2. The third-order valence-corrected chi connectivity index (χ3v) is 6.45. The number of hydrogen-bond acceptors (Lipinski definition) is 10. The molecule has 178 valence electrons. The molecule has 33 heavy (non-hydrogen) atoms. The first-order chi connectivity index (χ1) is 15.3. The van der Waals surface area contributed by atoms with Gasteiger partial charge in [0, 0.05) is 18.0 Å². The summed E-state index contributed by atoms with van der Waals surface area (Å²) in [6.45, 7) is -0.768. The molecule has 0 aromatic heterocycles. The van der Waals surface area contributed by atoms with Crippen molar-refractivity contribution in [2.24, 2.45) is 0 Å². The second kappa shape index (κ2) is 8.60. The van der Waals surface area contributed by atoms with Crippen LogP contribution in [0.25, 0.3) is 10.8 Å². The predicted molar refractivity (Wildman–Crippen MR) is 112 cm³/mol. The van der Waals surface area contributed by atoms with Crippen molar-refractivity contribution in [1.29, 1.82) is 0 Å². The standard InChI is InChI=1S/C18H18N2O11S2/c1-31-18(24)12-8-20(2-3-21)17(23)16(12)19-13-6-10(32(25,26)27)4-9-5-11(33(28,29)30)7-14(22)15(9)13/h4-7,19,21-22H,2-3,8H2,1H3,(H,25,26,27)(H,28,29,30). The normalized spacial score (nSPS) is 14.8. The van der Waals surface area contributed by atoms with E-state index in [0.29, 0.717) is 6.07 Å². The minimum absolute atomic E-state index is 0.126. The Labute approximate surface area is 187 Å². The van der Waals surface area contributed by atoms with Crippen LogP contribution in [0.3, 0.4) is 0 Å². The lowest BCUT2D eigenvalue weighted by molar-refractivity contribution is -0.136. The summed E-state index contributed by atoms with van der Waals surface area (Å²) < 4.78 is 70.0. The summed E-state index contributed by atoms with van der Waals surface area (Å²) in [7, 11) is -8.57. The Bertz CT molecular complexity index is 1410. The molecule has 0 radical (unpaired) electrons. The van der Waals surface area contributed by atoms with Crippen molar-refractivity contribution >= 4 is 48.6 Å². The number of phenols is 1. The third-order valence-electron chi connectivity index (χ3n) is 4.78. The molecular formula is C18H18N2O11S2. The average molecular weight is 502 g/mol. The Balaban J connectivity index is 2.29. The molecule has 0 aliphatic carbocycles. The number of carbonyl (C=O) groups excluding carboxylic acids is 2. The molecule has 15 heteroatoms. The molecule has 0 fully saturated rings. The summed E-state index contributed by atoms with van der Waals surface area (Å²) in [5.74, 6) is -2.36. The third kappa shape index (κ3) is 4.76. The molecule has 0 atom stereocenters. The van der Waals surface area contributed by atoms with Gasteiger partial charge in [-0.05, 0) is 23.6 Å². The number of esters is 1. The molecule has 13 nitrogen and oxygen atoms in total. The number of hydrogen-bond donors (Lipinski definition) is 5. The number of nitrogens with zero attached hydrogens (tertiary/aromatic N) is 1. The minimum atomic E-state index is -4.85. The number of β-amino-alcohol motifs (C(OH)–C–C–N with tert-alkyl or cyclic N) is 1. The van der Waals surface area contributed by atoms with Crippen LogP contribution in [0.15, 0.2) is 45.3 Å². The minimum Gasteiger partial charge on any atom is -0.507 e. The average Bonchev–Trinajstić information content (AvgIpc) is 3.01. The number of anilines is 1. The number of ether oxygens (including phenoxy) is 1. The monoisotopic (exact) mass is 502 g/mol. The molecule has 1 aliphatic rings. The first-order valence-electron chi connectivity index (χ1n) is 9.02. The summed E-state index contributed by atoms with van der Waals surface area (Å²) in [4.78, 5) is 24.6. The Hall–Kier alpha value is -3.24. The highest BCUT2D eigenvalue weighted by Gasteiger charge is 2.35. The number of carbonyl (C=O) groups is 2. The SMILES string of the molecule is COC(=O)C1=C(Nc2cc(S(=O)(=O)O)cc3cc(S(=O)(=O)O)cc(O)c23)C(=O)N(CCO)C1. The maximum atomic E-state index is 12.8. The van der Waals surface area contributed by atoms with Crippen LogP contribution in [-0.4, -0.2) is 79.7 Å². The van der Waals surface area contributed by atoms with Crippen molar-refractivity contribution in [1.82, 2.24) is 4.90 Å². The van der Waals surface area contributed by atoms with Crippen molar-refractivity contribution < 1.29 is 50.5 Å².